The van der Waals surface area contributed by atoms with E-state index in [0.29, 0.717) is 4.83 Å². The Morgan fingerprint density at radius 2 is 2.00 bits per heavy atom. The fourth-order valence-electron chi connectivity index (χ4n) is 2.26. The average molecular weight is 273 g/mol. The van der Waals surface area contributed by atoms with Gasteiger partial charge in [0.1, 0.15) is 0 Å². The van der Waals surface area contributed by atoms with Crippen LogP contribution in [0.1, 0.15) is 46.7 Å². The van der Waals surface area contributed by atoms with Crippen molar-refractivity contribution < 1.29 is 0 Å². The molecular weight excluding hydrogens is 256 g/mol. The van der Waals surface area contributed by atoms with Crippen molar-refractivity contribution in [3.63, 3.8) is 0 Å². The van der Waals surface area contributed by atoms with Crippen LogP contribution in [0.25, 0.3) is 0 Å². The van der Waals surface area contributed by atoms with Crippen LogP contribution in [-0.4, -0.2) is 0 Å². The van der Waals surface area contributed by atoms with Crippen LogP contribution in [0.3, 0.4) is 0 Å². The zero-order valence-electron chi connectivity index (χ0n) is 8.63. The summed E-state index contributed by atoms with van der Waals surface area (Å²) in [4.78, 5) is 3.57. The first-order valence-electron chi connectivity index (χ1n) is 5.48. The summed E-state index contributed by atoms with van der Waals surface area (Å²) in [6, 6.07) is 4.52. The second-order valence-electron chi connectivity index (χ2n) is 4.25. The topological polar surface area (TPSA) is 0 Å². The van der Waals surface area contributed by atoms with E-state index in [1.54, 1.807) is 0 Å². The molecule has 0 nitrogen and oxygen atoms in total. The van der Waals surface area contributed by atoms with Gasteiger partial charge in [-0.05, 0) is 37.8 Å². The molecule has 1 fully saturated rings. The molecule has 2 heteroatoms. The molecule has 78 valence electrons. The highest BCUT2D eigenvalue weighted by molar-refractivity contribution is 9.09. The maximum absolute atomic E-state index is 3.87. The maximum atomic E-state index is 3.87. The lowest BCUT2D eigenvalue weighted by Gasteiger charge is -2.25. The maximum Gasteiger partial charge on any atom is 0.0517 e. The smallest absolute Gasteiger partial charge is 0.0517 e. The summed E-state index contributed by atoms with van der Waals surface area (Å²) in [6.07, 6.45) is 7.12. The molecule has 1 atom stereocenters. The van der Waals surface area contributed by atoms with Crippen LogP contribution in [0, 0.1) is 12.8 Å². The van der Waals surface area contributed by atoms with Gasteiger partial charge in [0.05, 0.1) is 4.83 Å². The Hall–Kier alpha value is 0.180. The average Bonchev–Trinajstić information content (AvgIpc) is 2.65. The van der Waals surface area contributed by atoms with Crippen molar-refractivity contribution in [2.24, 2.45) is 5.92 Å². The molecule has 1 aliphatic carbocycles. The highest BCUT2D eigenvalue weighted by atomic mass is 79.9. The van der Waals surface area contributed by atoms with E-state index < -0.39 is 0 Å². The van der Waals surface area contributed by atoms with Crippen molar-refractivity contribution in [1.29, 1.82) is 0 Å². The highest BCUT2D eigenvalue weighted by Crippen LogP contribution is 2.42. The molecule has 0 aliphatic heterocycles. The van der Waals surface area contributed by atoms with Gasteiger partial charge in [0.2, 0.25) is 0 Å². The number of rotatable bonds is 2. The molecule has 0 spiro atoms. The van der Waals surface area contributed by atoms with Gasteiger partial charge in [0, 0.05) is 9.75 Å². The molecule has 1 saturated carbocycles. The molecule has 14 heavy (non-hydrogen) atoms. The predicted octanol–water partition coefficient (Wildman–Crippen LogP) is 5.07. The van der Waals surface area contributed by atoms with Crippen LogP contribution in [0.4, 0.5) is 0 Å². The van der Waals surface area contributed by atoms with Crippen molar-refractivity contribution >= 4 is 27.3 Å². The van der Waals surface area contributed by atoms with E-state index in [-0.39, 0.29) is 0 Å². The second-order valence-corrected chi connectivity index (χ2v) is 6.55. The summed E-state index contributed by atoms with van der Waals surface area (Å²) in [7, 11) is 0. The van der Waals surface area contributed by atoms with E-state index in [9.17, 15) is 0 Å². The predicted molar refractivity (Wildman–Crippen MR) is 67.3 cm³/mol. The fourth-order valence-corrected chi connectivity index (χ4v) is 4.17. The van der Waals surface area contributed by atoms with E-state index in [0.717, 1.165) is 5.92 Å². The molecule has 0 radical (unpaired) electrons. The van der Waals surface area contributed by atoms with Gasteiger partial charge in [0.15, 0.2) is 0 Å². The standard InChI is InChI=1S/C12H17BrS/c1-9-7-8-11(14-9)12(13)10-5-3-2-4-6-10/h7-8,10,12H,2-6H2,1H3. The van der Waals surface area contributed by atoms with Crippen LogP contribution >= 0.6 is 27.3 Å². The van der Waals surface area contributed by atoms with Gasteiger partial charge in [-0.2, -0.15) is 0 Å². The van der Waals surface area contributed by atoms with Crippen molar-refractivity contribution in [2.45, 2.75) is 43.9 Å². The summed E-state index contributed by atoms with van der Waals surface area (Å²) >= 11 is 5.81. The molecule has 0 saturated heterocycles. The van der Waals surface area contributed by atoms with Gasteiger partial charge in [-0.25, -0.2) is 0 Å². The van der Waals surface area contributed by atoms with Crippen LogP contribution in [0.2, 0.25) is 0 Å². The molecular formula is C12H17BrS. The third-order valence-corrected chi connectivity index (χ3v) is 5.72. The van der Waals surface area contributed by atoms with E-state index >= 15 is 0 Å². The molecule has 0 amide bonds. The second kappa shape index (κ2) is 4.80. The normalized spacial score (nSPS) is 21.0. The Balaban J connectivity index is 2.03. The van der Waals surface area contributed by atoms with Gasteiger partial charge in [-0.15, -0.1) is 11.3 Å². The van der Waals surface area contributed by atoms with Crippen molar-refractivity contribution in [3.8, 4) is 0 Å². The summed E-state index contributed by atoms with van der Waals surface area (Å²) in [5.74, 6) is 0.877. The number of halogens is 1. The molecule has 2 rings (SSSR count). The summed E-state index contributed by atoms with van der Waals surface area (Å²) < 4.78 is 0. The Bertz CT molecular complexity index is 286. The molecule has 0 N–H and O–H groups in total. The number of thiophene rings is 1. The molecule has 1 aromatic heterocycles. The first-order valence-corrected chi connectivity index (χ1v) is 7.21. The largest absolute Gasteiger partial charge is 0.145 e. The fraction of sp³-hybridized carbons (Fsp3) is 0.667. The molecule has 0 bridgehead atoms. The Labute approximate surface area is 98.9 Å². The van der Waals surface area contributed by atoms with E-state index in [1.165, 1.54) is 41.9 Å². The van der Waals surface area contributed by atoms with Gasteiger partial charge in [0.25, 0.3) is 0 Å². The van der Waals surface area contributed by atoms with Crippen molar-refractivity contribution in [2.75, 3.05) is 0 Å². The lowest BCUT2D eigenvalue weighted by molar-refractivity contribution is 0.356. The molecule has 0 aromatic carbocycles. The Morgan fingerprint density at radius 1 is 1.29 bits per heavy atom. The number of hydrogen-bond donors (Lipinski definition) is 0. The summed E-state index contributed by atoms with van der Waals surface area (Å²) in [5.41, 5.74) is 0. The van der Waals surface area contributed by atoms with Crippen molar-refractivity contribution in [1.82, 2.24) is 0 Å². The number of aryl methyl sites for hydroxylation is 1. The lowest BCUT2D eigenvalue weighted by atomic mass is 9.86. The van der Waals surface area contributed by atoms with Gasteiger partial charge >= 0.3 is 0 Å². The third-order valence-electron chi connectivity index (χ3n) is 3.10. The Kier molecular flexibility index (Phi) is 3.67. The van der Waals surface area contributed by atoms with Crippen molar-refractivity contribution in [3.05, 3.63) is 21.9 Å². The number of hydrogen-bond acceptors (Lipinski definition) is 1. The minimum absolute atomic E-state index is 0.612. The van der Waals surface area contributed by atoms with E-state index in [2.05, 4.69) is 35.0 Å². The first-order chi connectivity index (χ1) is 6.77. The van der Waals surface area contributed by atoms with E-state index in [1.807, 2.05) is 11.3 Å². The highest BCUT2D eigenvalue weighted by Gasteiger charge is 2.23. The molecule has 1 aliphatic rings. The van der Waals surface area contributed by atoms with E-state index in [4.69, 9.17) is 0 Å². The summed E-state index contributed by atoms with van der Waals surface area (Å²) in [5, 5.41) is 0. The van der Waals surface area contributed by atoms with Gasteiger partial charge < -0.3 is 0 Å². The molecule has 1 aromatic rings. The van der Waals surface area contributed by atoms with Gasteiger partial charge in [-0.1, -0.05) is 35.2 Å². The molecule has 1 unspecified atom stereocenters. The lowest BCUT2D eigenvalue weighted by Crippen LogP contribution is -2.10. The quantitative estimate of drug-likeness (QED) is 0.660. The summed E-state index contributed by atoms with van der Waals surface area (Å²) in [6.45, 7) is 2.19. The van der Waals surface area contributed by atoms with Crippen LogP contribution in [-0.2, 0) is 0 Å². The monoisotopic (exact) mass is 272 g/mol. The minimum atomic E-state index is 0.612. The van der Waals surface area contributed by atoms with Crippen LogP contribution in [0.15, 0.2) is 12.1 Å². The number of alkyl halides is 1. The third kappa shape index (κ3) is 2.40. The minimum Gasteiger partial charge on any atom is -0.145 e. The Morgan fingerprint density at radius 3 is 2.57 bits per heavy atom. The zero-order valence-corrected chi connectivity index (χ0v) is 11.0. The zero-order chi connectivity index (χ0) is 9.97. The van der Waals surface area contributed by atoms with Gasteiger partial charge in [-0.3, -0.25) is 0 Å². The van der Waals surface area contributed by atoms with Crippen LogP contribution < -0.4 is 0 Å². The van der Waals surface area contributed by atoms with Crippen LogP contribution in [0.5, 0.6) is 0 Å². The molecule has 1 heterocycles. The first kappa shape index (κ1) is 10.7. The SMILES string of the molecule is Cc1ccc(C(Br)C2CCCCC2)s1.